The van der Waals surface area contributed by atoms with Crippen molar-refractivity contribution >= 4 is 17.6 Å². The van der Waals surface area contributed by atoms with Gasteiger partial charge in [0.1, 0.15) is 6.04 Å². The third-order valence-electron chi connectivity index (χ3n) is 4.26. The van der Waals surface area contributed by atoms with Crippen LogP contribution in [0.4, 0.5) is 10.5 Å². The summed E-state index contributed by atoms with van der Waals surface area (Å²) in [4.78, 5) is 26.3. The van der Waals surface area contributed by atoms with Gasteiger partial charge < -0.3 is 15.5 Å². The van der Waals surface area contributed by atoms with Crippen LogP contribution in [-0.4, -0.2) is 45.8 Å². The molecule has 1 saturated heterocycles. The molecule has 3 rings (SSSR count). The molecule has 1 atom stereocenters. The van der Waals surface area contributed by atoms with E-state index in [0.717, 1.165) is 5.56 Å². The number of urea groups is 1. The highest BCUT2D eigenvalue weighted by atomic mass is 16.2. The minimum absolute atomic E-state index is 0.0579. The fourth-order valence-corrected chi connectivity index (χ4v) is 3.05. The number of hydrogen-bond acceptors (Lipinski definition) is 3. The first kappa shape index (κ1) is 17.0. The lowest BCUT2D eigenvalue weighted by molar-refractivity contribution is -0.129. The van der Waals surface area contributed by atoms with Crippen LogP contribution in [0, 0.1) is 5.92 Å². The van der Waals surface area contributed by atoms with E-state index < -0.39 is 6.04 Å². The second-order valence-electron chi connectivity index (χ2n) is 6.50. The first-order valence-corrected chi connectivity index (χ1v) is 8.46. The number of carbonyl (C=O) groups is 2. The Morgan fingerprint density at radius 1 is 1.36 bits per heavy atom. The third kappa shape index (κ3) is 3.99. The normalized spacial score (nSPS) is 17.5. The standard InChI is InChI=1S/C18H23N5O2/c1-13(2)16-17(24)19-9-11-23(16)18(25)21-15-6-4-14(5-7-15)12-22-10-3-8-20-22/h3-8,10,13,16H,9,11-12H2,1-2H3,(H,19,24)(H,21,25)/t16-/m1/s1. The van der Waals surface area contributed by atoms with E-state index in [1.54, 1.807) is 11.1 Å². The molecule has 1 aromatic carbocycles. The summed E-state index contributed by atoms with van der Waals surface area (Å²) in [5.74, 6) is -0.0338. The van der Waals surface area contributed by atoms with Crippen molar-refractivity contribution < 1.29 is 9.59 Å². The monoisotopic (exact) mass is 341 g/mol. The molecule has 3 amide bonds. The molecule has 1 aromatic heterocycles. The second-order valence-corrected chi connectivity index (χ2v) is 6.50. The zero-order valence-electron chi connectivity index (χ0n) is 14.5. The van der Waals surface area contributed by atoms with E-state index in [-0.39, 0.29) is 17.9 Å². The Balaban J connectivity index is 1.64. The Kier molecular flexibility index (Phi) is 5.02. The molecule has 0 saturated carbocycles. The van der Waals surface area contributed by atoms with E-state index in [0.29, 0.717) is 25.3 Å². The number of carbonyl (C=O) groups excluding carboxylic acids is 2. The molecule has 0 spiro atoms. The molecule has 1 aliphatic heterocycles. The van der Waals surface area contributed by atoms with Crippen LogP contribution in [0.3, 0.4) is 0 Å². The topological polar surface area (TPSA) is 79.3 Å². The summed E-state index contributed by atoms with van der Waals surface area (Å²) >= 11 is 0. The average molecular weight is 341 g/mol. The van der Waals surface area contributed by atoms with Gasteiger partial charge in [0, 0.05) is 31.2 Å². The van der Waals surface area contributed by atoms with Crippen LogP contribution in [0.25, 0.3) is 0 Å². The predicted octanol–water partition coefficient (Wildman–Crippen LogP) is 1.92. The molecule has 0 bridgehead atoms. The van der Waals surface area contributed by atoms with Gasteiger partial charge in [-0.1, -0.05) is 26.0 Å². The molecule has 1 aliphatic rings. The Bertz CT molecular complexity index is 724. The largest absolute Gasteiger partial charge is 0.353 e. The van der Waals surface area contributed by atoms with Crippen LogP contribution in [0.5, 0.6) is 0 Å². The minimum atomic E-state index is -0.437. The predicted molar refractivity (Wildman–Crippen MR) is 95.1 cm³/mol. The highest BCUT2D eigenvalue weighted by Gasteiger charge is 2.35. The fourth-order valence-electron chi connectivity index (χ4n) is 3.05. The Labute approximate surface area is 147 Å². The van der Waals surface area contributed by atoms with E-state index in [1.165, 1.54) is 0 Å². The Morgan fingerprint density at radius 3 is 2.76 bits per heavy atom. The number of amides is 3. The molecule has 2 N–H and O–H groups in total. The fraction of sp³-hybridized carbons (Fsp3) is 0.389. The number of aromatic nitrogens is 2. The highest BCUT2D eigenvalue weighted by Crippen LogP contribution is 2.17. The van der Waals surface area contributed by atoms with Crippen molar-refractivity contribution in [2.24, 2.45) is 5.92 Å². The van der Waals surface area contributed by atoms with Gasteiger partial charge in [0.25, 0.3) is 0 Å². The summed E-state index contributed by atoms with van der Waals surface area (Å²) in [5.41, 5.74) is 1.81. The summed E-state index contributed by atoms with van der Waals surface area (Å²) in [6.07, 6.45) is 3.65. The smallest absolute Gasteiger partial charge is 0.322 e. The number of anilines is 1. The van der Waals surface area contributed by atoms with Crippen LogP contribution in [-0.2, 0) is 11.3 Å². The quantitative estimate of drug-likeness (QED) is 0.892. The molecule has 132 valence electrons. The van der Waals surface area contributed by atoms with Gasteiger partial charge in [0.05, 0.1) is 6.54 Å². The zero-order chi connectivity index (χ0) is 17.8. The average Bonchev–Trinajstić information content (AvgIpc) is 3.09. The lowest BCUT2D eigenvalue weighted by atomic mass is 10.00. The third-order valence-corrected chi connectivity index (χ3v) is 4.26. The molecule has 2 heterocycles. The number of nitrogens with zero attached hydrogens (tertiary/aromatic N) is 3. The van der Waals surface area contributed by atoms with Crippen LogP contribution >= 0.6 is 0 Å². The van der Waals surface area contributed by atoms with Gasteiger partial charge in [-0.25, -0.2) is 4.79 Å². The molecular formula is C18H23N5O2. The maximum Gasteiger partial charge on any atom is 0.322 e. The minimum Gasteiger partial charge on any atom is -0.353 e. The number of hydrogen-bond donors (Lipinski definition) is 2. The number of benzene rings is 1. The van der Waals surface area contributed by atoms with Gasteiger partial charge in [0.2, 0.25) is 5.91 Å². The zero-order valence-corrected chi connectivity index (χ0v) is 14.5. The molecule has 1 fully saturated rings. The maximum atomic E-state index is 12.6. The summed E-state index contributed by atoms with van der Waals surface area (Å²) in [5, 5.41) is 9.89. The van der Waals surface area contributed by atoms with Crippen molar-refractivity contribution in [2.75, 3.05) is 18.4 Å². The van der Waals surface area contributed by atoms with Crippen molar-refractivity contribution in [1.82, 2.24) is 20.0 Å². The summed E-state index contributed by atoms with van der Waals surface area (Å²) in [6, 6.07) is 8.85. The second kappa shape index (κ2) is 7.38. The SMILES string of the molecule is CC(C)[C@@H]1C(=O)NCCN1C(=O)Nc1ccc(Cn2cccn2)cc1. The van der Waals surface area contributed by atoms with Crippen LogP contribution in [0.2, 0.25) is 0 Å². The molecule has 2 aromatic rings. The van der Waals surface area contributed by atoms with Crippen molar-refractivity contribution in [3.63, 3.8) is 0 Å². The van der Waals surface area contributed by atoms with Crippen molar-refractivity contribution in [2.45, 2.75) is 26.4 Å². The first-order chi connectivity index (χ1) is 12.0. The van der Waals surface area contributed by atoms with E-state index in [2.05, 4.69) is 15.7 Å². The molecular weight excluding hydrogens is 318 g/mol. The van der Waals surface area contributed by atoms with Crippen molar-refractivity contribution in [3.05, 3.63) is 48.3 Å². The van der Waals surface area contributed by atoms with Crippen molar-refractivity contribution in [1.29, 1.82) is 0 Å². The van der Waals surface area contributed by atoms with Crippen LogP contribution < -0.4 is 10.6 Å². The summed E-state index contributed by atoms with van der Waals surface area (Å²) < 4.78 is 1.84. The van der Waals surface area contributed by atoms with Gasteiger partial charge in [-0.15, -0.1) is 0 Å². The molecule has 25 heavy (non-hydrogen) atoms. The Morgan fingerprint density at radius 2 is 2.12 bits per heavy atom. The number of piperazine rings is 1. The van der Waals surface area contributed by atoms with E-state index >= 15 is 0 Å². The summed E-state index contributed by atoms with van der Waals surface area (Å²) in [6.45, 7) is 5.57. The van der Waals surface area contributed by atoms with Gasteiger partial charge in [-0.3, -0.25) is 9.48 Å². The van der Waals surface area contributed by atoms with Gasteiger partial charge in [0.15, 0.2) is 0 Å². The lowest BCUT2D eigenvalue weighted by Gasteiger charge is -2.37. The molecule has 0 radical (unpaired) electrons. The van der Waals surface area contributed by atoms with Gasteiger partial charge >= 0.3 is 6.03 Å². The van der Waals surface area contributed by atoms with Crippen LogP contribution in [0.1, 0.15) is 19.4 Å². The lowest BCUT2D eigenvalue weighted by Crippen LogP contribution is -2.60. The van der Waals surface area contributed by atoms with Gasteiger partial charge in [-0.05, 0) is 29.7 Å². The molecule has 0 unspecified atom stereocenters. The molecule has 7 heteroatoms. The van der Waals surface area contributed by atoms with Crippen LogP contribution in [0.15, 0.2) is 42.7 Å². The molecule has 0 aliphatic carbocycles. The first-order valence-electron chi connectivity index (χ1n) is 8.46. The van der Waals surface area contributed by atoms with E-state index in [9.17, 15) is 9.59 Å². The Hall–Kier alpha value is -2.83. The van der Waals surface area contributed by atoms with Crippen molar-refractivity contribution in [3.8, 4) is 0 Å². The van der Waals surface area contributed by atoms with E-state index in [1.807, 2.05) is 55.1 Å². The number of rotatable bonds is 4. The molecule has 7 nitrogen and oxygen atoms in total. The number of nitrogens with one attached hydrogen (secondary N) is 2. The highest BCUT2D eigenvalue weighted by molar-refractivity contribution is 5.94. The summed E-state index contributed by atoms with van der Waals surface area (Å²) in [7, 11) is 0. The maximum absolute atomic E-state index is 12.6. The van der Waals surface area contributed by atoms with E-state index in [4.69, 9.17) is 0 Å². The van der Waals surface area contributed by atoms with Gasteiger partial charge in [-0.2, -0.15) is 5.10 Å².